The van der Waals surface area contributed by atoms with Crippen molar-refractivity contribution in [2.45, 2.75) is 12.8 Å². The largest absolute Gasteiger partial charge is 0.454 e. The first-order valence-electron chi connectivity index (χ1n) is 7.23. The van der Waals surface area contributed by atoms with E-state index in [-0.39, 0.29) is 22.6 Å². The van der Waals surface area contributed by atoms with E-state index < -0.39 is 31.0 Å². The van der Waals surface area contributed by atoms with Crippen LogP contribution in [0.4, 0.5) is 22.0 Å². The Morgan fingerprint density at radius 2 is 1.81 bits per heavy atom. The average molecular weight is 388 g/mol. The van der Waals surface area contributed by atoms with E-state index in [2.05, 4.69) is 29.4 Å². The molecule has 0 atom stereocenters. The molecule has 0 spiro atoms. The summed E-state index contributed by atoms with van der Waals surface area (Å²) < 4.78 is 70.3. The highest BCUT2D eigenvalue weighted by atomic mass is 19.4. The number of halogens is 5. The molecular formula is C15H9F5N4O3. The van der Waals surface area contributed by atoms with E-state index in [0.29, 0.717) is 5.56 Å². The van der Waals surface area contributed by atoms with Crippen LogP contribution in [0, 0.1) is 0 Å². The minimum absolute atomic E-state index is 0.0389. The molecule has 0 aliphatic rings. The minimum atomic E-state index is -4.62. The number of benzene rings is 1. The minimum Gasteiger partial charge on any atom is -0.454 e. The van der Waals surface area contributed by atoms with Crippen molar-refractivity contribution in [3.63, 3.8) is 0 Å². The number of rotatable bonds is 5. The van der Waals surface area contributed by atoms with Crippen LogP contribution in [0.15, 0.2) is 35.3 Å². The van der Waals surface area contributed by atoms with E-state index in [1.165, 1.54) is 24.3 Å². The van der Waals surface area contributed by atoms with Crippen molar-refractivity contribution < 1.29 is 31.4 Å². The number of aromatic amines is 1. The van der Waals surface area contributed by atoms with Crippen molar-refractivity contribution in [1.82, 2.24) is 19.9 Å². The van der Waals surface area contributed by atoms with Gasteiger partial charge in [0.15, 0.2) is 12.3 Å². The Labute approximate surface area is 146 Å². The first-order chi connectivity index (χ1) is 12.7. The van der Waals surface area contributed by atoms with Crippen molar-refractivity contribution in [1.29, 1.82) is 0 Å². The third-order valence-corrected chi connectivity index (χ3v) is 3.13. The highest BCUT2D eigenvalue weighted by molar-refractivity contribution is 5.86. The molecule has 0 bridgehead atoms. The third-order valence-electron chi connectivity index (χ3n) is 3.13. The molecule has 3 rings (SSSR count). The fraction of sp³-hybridized carbons (Fsp3) is 0.200. The average Bonchev–Trinajstić information content (AvgIpc) is 2.58. The molecule has 0 fully saturated rings. The molecule has 27 heavy (non-hydrogen) atoms. The summed E-state index contributed by atoms with van der Waals surface area (Å²) in [7, 11) is 0. The van der Waals surface area contributed by atoms with Gasteiger partial charge in [-0.25, -0.2) is 4.98 Å². The second-order valence-corrected chi connectivity index (χ2v) is 5.11. The van der Waals surface area contributed by atoms with Gasteiger partial charge in [0.1, 0.15) is 17.0 Å². The normalized spacial score (nSPS) is 11.8. The molecule has 0 aliphatic carbocycles. The van der Waals surface area contributed by atoms with Gasteiger partial charge < -0.3 is 14.5 Å². The first-order valence-corrected chi connectivity index (χ1v) is 7.23. The number of alkyl halides is 5. The molecule has 0 saturated heterocycles. The zero-order valence-corrected chi connectivity index (χ0v) is 13.1. The molecule has 1 N–H and O–H groups in total. The summed E-state index contributed by atoms with van der Waals surface area (Å²) in [6, 6.07) is 4.50. The number of ether oxygens (including phenoxy) is 2. The Kier molecular flexibility index (Phi) is 4.88. The van der Waals surface area contributed by atoms with Crippen LogP contribution >= 0.6 is 0 Å². The number of hydrogen-bond donors (Lipinski definition) is 1. The van der Waals surface area contributed by atoms with Gasteiger partial charge in [-0.2, -0.15) is 31.9 Å². The molecule has 0 unspecified atom stereocenters. The molecule has 3 aromatic rings. The molecule has 0 saturated carbocycles. The quantitative estimate of drug-likeness (QED) is 0.676. The van der Waals surface area contributed by atoms with Crippen LogP contribution in [0.5, 0.6) is 11.8 Å². The van der Waals surface area contributed by atoms with E-state index in [1.54, 1.807) is 0 Å². The van der Waals surface area contributed by atoms with E-state index in [4.69, 9.17) is 0 Å². The third kappa shape index (κ3) is 4.65. The molecule has 2 heterocycles. The SMILES string of the molecule is O=c1cnc2c(-c3ccc(OC(F)F)cc3)nc(OCC(F)(F)F)nc2[nH]1. The van der Waals surface area contributed by atoms with Crippen LogP contribution in [-0.4, -0.2) is 39.3 Å². The number of nitrogens with zero attached hydrogens (tertiary/aromatic N) is 3. The molecule has 2 aromatic heterocycles. The lowest BCUT2D eigenvalue weighted by molar-refractivity contribution is -0.154. The Balaban J connectivity index is 2.05. The van der Waals surface area contributed by atoms with Crippen LogP contribution < -0.4 is 15.0 Å². The summed E-state index contributed by atoms with van der Waals surface area (Å²) in [5.41, 5.74) is -0.346. The number of nitrogens with one attached hydrogen (secondary N) is 1. The highest BCUT2D eigenvalue weighted by Crippen LogP contribution is 2.28. The first kappa shape index (κ1) is 18.5. The van der Waals surface area contributed by atoms with Gasteiger partial charge in [0, 0.05) is 5.56 Å². The maximum atomic E-state index is 12.4. The highest BCUT2D eigenvalue weighted by Gasteiger charge is 2.29. The fourth-order valence-electron chi connectivity index (χ4n) is 2.12. The number of aromatic nitrogens is 4. The van der Waals surface area contributed by atoms with Crippen molar-refractivity contribution in [3.8, 4) is 23.0 Å². The summed E-state index contributed by atoms with van der Waals surface area (Å²) in [6.45, 7) is -4.64. The van der Waals surface area contributed by atoms with Gasteiger partial charge in [0.2, 0.25) is 0 Å². The Morgan fingerprint density at radius 1 is 1.11 bits per heavy atom. The van der Waals surface area contributed by atoms with Crippen LogP contribution in [0.2, 0.25) is 0 Å². The van der Waals surface area contributed by atoms with Crippen LogP contribution in [0.25, 0.3) is 22.4 Å². The van der Waals surface area contributed by atoms with E-state index in [9.17, 15) is 26.7 Å². The number of H-pyrrole nitrogens is 1. The molecule has 0 radical (unpaired) electrons. The Morgan fingerprint density at radius 3 is 2.44 bits per heavy atom. The Bertz CT molecular complexity index is 1000. The predicted molar refractivity (Wildman–Crippen MR) is 81.6 cm³/mol. The molecule has 7 nitrogen and oxygen atoms in total. The van der Waals surface area contributed by atoms with Gasteiger partial charge in [-0.15, -0.1) is 0 Å². The van der Waals surface area contributed by atoms with Gasteiger partial charge in [-0.1, -0.05) is 0 Å². The van der Waals surface area contributed by atoms with Gasteiger partial charge in [0.25, 0.3) is 5.56 Å². The summed E-state index contributed by atoms with van der Waals surface area (Å²) in [6.07, 6.45) is -3.67. The second kappa shape index (κ2) is 7.13. The topological polar surface area (TPSA) is 90.0 Å². The van der Waals surface area contributed by atoms with E-state index >= 15 is 0 Å². The fourth-order valence-corrected chi connectivity index (χ4v) is 2.12. The van der Waals surface area contributed by atoms with Crippen LogP contribution in [0.1, 0.15) is 0 Å². The molecule has 142 valence electrons. The molecular weight excluding hydrogens is 379 g/mol. The maximum absolute atomic E-state index is 12.4. The van der Waals surface area contributed by atoms with Crippen molar-refractivity contribution in [2.75, 3.05) is 6.61 Å². The Hall–Kier alpha value is -3.31. The van der Waals surface area contributed by atoms with Crippen molar-refractivity contribution in [3.05, 3.63) is 40.8 Å². The van der Waals surface area contributed by atoms with Crippen molar-refractivity contribution >= 4 is 11.2 Å². The molecule has 1 aromatic carbocycles. The smallest absolute Gasteiger partial charge is 0.422 e. The van der Waals surface area contributed by atoms with Gasteiger partial charge in [-0.3, -0.25) is 4.79 Å². The second-order valence-electron chi connectivity index (χ2n) is 5.11. The van der Waals surface area contributed by atoms with Gasteiger partial charge >= 0.3 is 18.8 Å². The predicted octanol–water partition coefficient (Wildman–Crippen LogP) is 2.92. The zero-order valence-electron chi connectivity index (χ0n) is 13.1. The van der Waals surface area contributed by atoms with E-state index in [1.807, 2.05) is 0 Å². The number of fused-ring (bicyclic) bond motifs is 1. The van der Waals surface area contributed by atoms with E-state index in [0.717, 1.165) is 6.20 Å². The van der Waals surface area contributed by atoms with Gasteiger partial charge in [-0.05, 0) is 24.3 Å². The summed E-state index contributed by atoms with van der Waals surface area (Å²) in [4.78, 5) is 25.2. The molecule has 0 aliphatic heterocycles. The van der Waals surface area contributed by atoms with Crippen LogP contribution in [-0.2, 0) is 0 Å². The van der Waals surface area contributed by atoms with Crippen LogP contribution in [0.3, 0.4) is 0 Å². The molecule has 12 heteroatoms. The molecule has 0 amide bonds. The summed E-state index contributed by atoms with van der Waals surface area (Å²) in [5.74, 6) is -0.123. The lowest BCUT2D eigenvalue weighted by atomic mass is 10.1. The lowest BCUT2D eigenvalue weighted by Crippen LogP contribution is -2.20. The monoisotopic (exact) mass is 388 g/mol. The zero-order chi connectivity index (χ0) is 19.6. The lowest BCUT2D eigenvalue weighted by Gasteiger charge is -2.11. The maximum Gasteiger partial charge on any atom is 0.422 e. The summed E-state index contributed by atoms with van der Waals surface area (Å²) >= 11 is 0. The summed E-state index contributed by atoms with van der Waals surface area (Å²) in [5, 5.41) is 0. The standard InChI is InChI=1S/C15H9F5N4O3/c16-13(17)27-8-3-1-7(2-4-8)10-11-12(22-9(25)5-21-11)24-14(23-10)26-6-15(18,19)20/h1-5,13H,6H2,(H,22,23,24,25). The van der Waals surface area contributed by atoms with Crippen molar-refractivity contribution in [2.24, 2.45) is 0 Å². The van der Waals surface area contributed by atoms with Gasteiger partial charge in [0.05, 0.1) is 6.20 Å². The number of hydrogen-bond acceptors (Lipinski definition) is 6.